The summed E-state index contributed by atoms with van der Waals surface area (Å²) in [5.74, 6) is 0.974. The van der Waals surface area contributed by atoms with E-state index in [9.17, 15) is 9.18 Å². The van der Waals surface area contributed by atoms with E-state index < -0.39 is 0 Å². The maximum absolute atomic E-state index is 12.9. The van der Waals surface area contributed by atoms with Crippen LogP contribution < -0.4 is 14.8 Å². The number of hydrogen-bond donors (Lipinski definition) is 1. The van der Waals surface area contributed by atoms with Crippen molar-refractivity contribution in [2.45, 2.75) is 6.54 Å². The molecule has 0 fully saturated rings. The van der Waals surface area contributed by atoms with Crippen molar-refractivity contribution in [1.29, 1.82) is 0 Å². The zero-order chi connectivity index (χ0) is 22.6. The molecule has 0 aliphatic carbocycles. The van der Waals surface area contributed by atoms with E-state index in [1.165, 1.54) is 18.2 Å². The van der Waals surface area contributed by atoms with Gasteiger partial charge in [-0.25, -0.2) is 9.37 Å². The smallest absolute Gasteiger partial charge is 0.244 e. The molecule has 4 aromatic rings. The van der Waals surface area contributed by atoms with Gasteiger partial charge in [-0.2, -0.15) is 0 Å². The van der Waals surface area contributed by atoms with Crippen molar-refractivity contribution in [3.63, 3.8) is 0 Å². The topological polar surface area (TPSA) is 60.5 Å². The van der Waals surface area contributed by atoms with Crippen molar-refractivity contribution in [2.24, 2.45) is 0 Å². The fourth-order valence-corrected chi connectivity index (χ4v) is 4.19. The van der Waals surface area contributed by atoms with Gasteiger partial charge in [0.05, 0.1) is 5.69 Å². The molecule has 0 saturated carbocycles. The summed E-state index contributed by atoms with van der Waals surface area (Å²) in [6, 6.07) is 19.7. The summed E-state index contributed by atoms with van der Waals surface area (Å²) in [5, 5.41) is 5.79. The number of benzene rings is 3. The van der Waals surface area contributed by atoms with Crippen LogP contribution in [0.5, 0.6) is 11.5 Å². The van der Waals surface area contributed by atoms with E-state index in [4.69, 9.17) is 14.5 Å². The number of nitrogens with zero attached hydrogens (tertiary/aromatic N) is 1. The standard InChI is InChI=1S/C26H19FN2O3S/c27-21-9-3-17(4-10-21)5-12-25(30)28-14-18-1-6-19(7-2-18)26-29-22(15-33-26)20-8-11-23-24(13-20)32-16-31-23/h1-13,15H,14,16H2,(H,28,30)/b12-5+. The number of carbonyl (C=O) groups excluding carboxylic acids is 1. The molecule has 0 saturated heterocycles. The molecule has 5 rings (SSSR count). The molecule has 1 aromatic heterocycles. The van der Waals surface area contributed by atoms with Crippen molar-refractivity contribution < 1.29 is 18.7 Å². The first kappa shape index (κ1) is 20.9. The number of halogens is 1. The molecule has 0 spiro atoms. The minimum absolute atomic E-state index is 0.211. The number of ether oxygens (including phenoxy) is 2. The summed E-state index contributed by atoms with van der Waals surface area (Å²) in [6.07, 6.45) is 3.09. The second-order valence-electron chi connectivity index (χ2n) is 7.41. The van der Waals surface area contributed by atoms with Gasteiger partial charge in [0, 0.05) is 29.1 Å². The second-order valence-corrected chi connectivity index (χ2v) is 8.26. The van der Waals surface area contributed by atoms with E-state index >= 15 is 0 Å². The largest absolute Gasteiger partial charge is 0.454 e. The molecule has 1 aliphatic heterocycles. The number of thiazole rings is 1. The maximum Gasteiger partial charge on any atom is 0.244 e. The zero-order valence-electron chi connectivity index (χ0n) is 17.5. The summed E-state index contributed by atoms with van der Waals surface area (Å²) < 4.78 is 23.8. The molecule has 7 heteroatoms. The Balaban J connectivity index is 1.19. The Hall–Kier alpha value is -3.97. The van der Waals surface area contributed by atoms with Crippen LogP contribution >= 0.6 is 11.3 Å². The first-order valence-corrected chi connectivity index (χ1v) is 11.2. The van der Waals surface area contributed by atoms with Gasteiger partial charge in [-0.05, 0) is 47.5 Å². The summed E-state index contributed by atoms with van der Waals surface area (Å²) in [5.41, 5.74) is 4.62. The van der Waals surface area contributed by atoms with Gasteiger partial charge in [-0.15, -0.1) is 11.3 Å². The van der Waals surface area contributed by atoms with Crippen LogP contribution in [-0.2, 0) is 11.3 Å². The van der Waals surface area contributed by atoms with E-state index in [2.05, 4.69) is 5.32 Å². The third-order valence-corrected chi connectivity index (χ3v) is 6.03. The number of hydrogen-bond acceptors (Lipinski definition) is 5. The van der Waals surface area contributed by atoms with Crippen LogP contribution in [0.1, 0.15) is 11.1 Å². The van der Waals surface area contributed by atoms with E-state index in [1.54, 1.807) is 29.5 Å². The monoisotopic (exact) mass is 458 g/mol. The van der Waals surface area contributed by atoms with Gasteiger partial charge in [0.15, 0.2) is 11.5 Å². The van der Waals surface area contributed by atoms with Gasteiger partial charge in [0.1, 0.15) is 10.8 Å². The van der Waals surface area contributed by atoms with E-state index in [0.717, 1.165) is 44.5 Å². The Morgan fingerprint density at radius 2 is 1.76 bits per heavy atom. The van der Waals surface area contributed by atoms with Crippen LogP contribution in [0, 0.1) is 5.82 Å². The first-order chi connectivity index (χ1) is 16.1. The Morgan fingerprint density at radius 3 is 2.58 bits per heavy atom. The van der Waals surface area contributed by atoms with Crippen molar-refractivity contribution in [3.05, 3.63) is 95.1 Å². The Labute approximate surface area is 194 Å². The maximum atomic E-state index is 12.9. The van der Waals surface area contributed by atoms with Gasteiger partial charge < -0.3 is 14.8 Å². The quantitative estimate of drug-likeness (QED) is 0.378. The van der Waals surface area contributed by atoms with Gasteiger partial charge in [-0.1, -0.05) is 36.4 Å². The fraction of sp³-hybridized carbons (Fsp3) is 0.0769. The van der Waals surface area contributed by atoms with E-state index in [-0.39, 0.29) is 18.5 Å². The number of nitrogens with one attached hydrogen (secondary N) is 1. The lowest BCUT2D eigenvalue weighted by Crippen LogP contribution is -2.20. The van der Waals surface area contributed by atoms with Crippen molar-refractivity contribution in [3.8, 4) is 33.3 Å². The van der Waals surface area contributed by atoms with Gasteiger partial charge in [-0.3, -0.25) is 4.79 Å². The van der Waals surface area contributed by atoms with Crippen molar-refractivity contribution >= 4 is 23.3 Å². The highest BCUT2D eigenvalue weighted by Crippen LogP contribution is 2.37. The molecule has 0 bridgehead atoms. The number of fused-ring (bicyclic) bond motifs is 1. The molecule has 164 valence electrons. The highest BCUT2D eigenvalue weighted by molar-refractivity contribution is 7.13. The van der Waals surface area contributed by atoms with Crippen LogP contribution in [0.15, 0.2) is 78.2 Å². The van der Waals surface area contributed by atoms with Crippen LogP contribution in [0.25, 0.3) is 27.9 Å². The summed E-state index contributed by atoms with van der Waals surface area (Å²) in [6.45, 7) is 0.658. The molecule has 2 heterocycles. The van der Waals surface area contributed by atoms with Crippen molar-refractivity contribution in [2.75, 3.05) is 6.79 Å². The van der Waals surface area contributed by atoms with Crippen LogP contribution in [0.4, 0.5) is 4.39 Å². The average molecular weight is 459 g/mol. The molecule has 33 heavy (non-hydrogen) atoms. The Bertz CT molecular complexity index is 1310. The van der Waals surface area contributed by atoms with Gasteiger partial charge in [0.2, 0.25) is 12.7 Å². The predicted molar refractivity (Wildman–Crippen MR) is 126 cm³/mol. The lowest BCUT2D eigenvalue weighted by Gasteiger charge is -2.04. The minimum atomic E-state index is -0.304. The third kappa shape index (κ3) is 4.94. The normalized spacial score (nSPS) is 12.3. The van der Waals surface area contributed by atoms with E-state index in [1.807, 2.05) is 47.8 Å². The third-order valence-electron chi connectivity index (χ3n) is 5.14. The SMILES string of the molecule is O=C(/C=C/c1ccc(F)cc1)NCc1ccc(-c2nc(-c3ccc4c(c3)OCO4)cs2)cc1. The molecule has 0 unspecified atom stereocenters. The lowest BCUT2D eigenvalue weighted by molar-refractivity contribution is -0.116. The molecular formula is C26H19FN2O3S. The Morgan fingerprint density at radius 1 is 1.00 bits per heavy atom. The summed E-state index contributed by atoms with van der Waals surface area (Å²) in [7, 11) is 0. The highest BCUT2D eigenvalue weighted by atomic mass is 32.1. The molecule has 0 radical (unpaired) electrons. The zero-order valence-corrected chi connectivity index (χ0v) is 18.3. The summed E-state index contributed by atoms with van der Waals surface area (Å²) in [4.78, 5) is 16.8. The molecule has 3 aromatic carbocycles. The number of aromatic nitrogens is 1. The Kier molecular flexibility index (Phi) is 5.87. The molecule has 1 amide bonds. The average Bonchev–Trinajstić information content (AvgIpc) is 3.52. The molecule has 0 atom stereocenters. The van der Waals surface area contributed by atoms with Crippen LogP contribution in [0.2, 0.25) is 0 Å². The van der Waals surface area contributed by atoms with E-state index in [0.29, 0.717) is 6.54 Å². The predicted octanol–water partition coefficient (Wildman–Crippen LogP) is 5.67. The first-order valence-electron chi connectivity index (χ1n) is 10.3. The molecule has 1 aliphatic rings. The molecule has 1 N–H and O–H groups in total. The molecule has 5 nitrogen and oxygen atoms in total. The number of carbonyl (C=O) groups is 1. The van der Waals surface area contributed by atoms with Crippen LogP contribution in [0.3, 0.4) is 0 Å². The van der Waals surface area contributed by atoms with Crippen LogP contribution in [-0.4, -0.2) is 17.7 Å². The number of rotatable bonds is 6. The molecular weight excluding hydrogens is 439 g/mol. The van der Waals surface area contributed by atoms with Crippen molar-refractivity contribution in [1.82, 2.24) is 10.3 Å². The van der Waals surface area contributed by atoms with Gasteiger partial charge >= 0.3 is 0 Å². The summed E-state index contributed by atoms with van der Waals surface area (Å²) >= 11 is 1.57. The minimum Gasteiger partial charge on any atom is -0.454 e. The lowest BCUT2D eigenvalue weighted by atomic mass is 10.1. The number of amides is 1. The fourth-order valence-electron chi connectivity index (χ4n) is 3.35. The van der Waals surface area contributed by atoms with Gasteiger partial charge in [0.25, 0.3) is 0 Å². The second kappa shape index (κ2) is 9.26. The highest BCUT2D eigenvalue weighted by Gasteiger charge is 2.15.